The monoisotopic (exact) mass is 813 g/mol. The molecule has 5 aromatic rings. The van der Waals surface area contributed by atoms with E-state index < -0.39 is 5.97 Å². The number of hydrogen-bond donors (Lipinski definition) is 4. The molecule has 4 aromatic carbocycles. The first-order valence-electron chi connectivity index (χ1n) is 17.6. The second kappa shape index (κ2) is 21.1. The Hall–Kier alpha value is -5.37. The van der Waals surface area contributed by atoms with Crippen molar-refractivity contribution in [1.29, 1.82) is 10.5 Å². The van der Waals surface area contributed by atoms with E-state index in [2.05, 4.69) is 27.8 Å². The third kappa shape index (κ3) is 11.6. The number of nitrogens with zero attached hydrogens (tertiary/aromatic N) is 3. The minimum Gasteiger partial charge on any atom is -0.492 e. The number of ether oxygens (including phenoxy) is 3. The van der Waals surface area contributed by atoms with Crippen molar-refractivity contribution in [2.24, 2.45) is 0 Å². The van der Waals surface area contributed by atoms with Crippen molar-refractivity contribution < 1.29 is 29.2 Å². The van der Waals surface area contributed by atoms with Crippen LogP contribution in [0.2, 0.25) is 15.1 Å². The zero-order valence-electron chi connectivity index (χ0n) is 30.2. The van der Waals surface area contributed by atoms with E-state index in [9.17, 15) is 15.3 Å². The van der Waals surface area contributed by atoms with Gasteiger partial charge in [-0.05, 0) is 60.5 Å². The van der Waals surface area contributed by atoms with Crippen molar-refractivity contribution in [2.75, 3.05) is 32.8 Å². The molecule has 0 unspecified atom stereocenters. The summed E-state index contributed by atoms with van der Waals surface area (Å²) in [7, 11) is 0. The molecule has 0 atom stereocenters. The van der Waals surface area contributed by atoms with Gasteiger partial charge < -0.3 is 35.1 Å². The summed E-state index contributed by atoms with van der Waals surface area (Å²) in [5, 5.41) is 44.1. The Morgan fingerprint density at radius 1 is 0.732 bits per heavy atom. The van der Waals surface area contributed by atoms with E-state index in [-0.39, 0.29) is 49.6 Å². The number of halogens is 3. The third-order valence-electron chi connectivity index (χ3n) is 8.40. The van der Waals surface area contributed by atoms with E-state index >= 15 is 0 Å². The maximum atomic E-state index is 10.9. The van der Waals surface area contributed by atoms with E-state index in [1.807, 2.05) is 60.7 Å². The molecule has 1 aromatic heterocycles. The predicted octanol–water partition coefficient (Wildman–Crippen LogP) is 8.19. The van der Waals surface area contributed by atoms with Gasteiger partial charge in [-0.1, -0.05) is 83.3 Å². The summed E-state index contributed by atoms with van der Waals surface area (Å²) >= 11 is 20.7. The van der Waals surface area contributed by atoms with Crippen molar-refractivity contribution in [3.8, 4) is 51.9 Å². The molecule has 0 spiro atoms. The Bertz CT molecular complexity index is 2190. The van der Waals surface area contributed by atoms with Gasteiger partial charge >= 0.3 is 5.97 Å². The highest BCUT2D eigenvalue weighted by Gasteiger charge is 2.18. The molecular formula is C42H38Cl3N5O6. The second-order valence-electron chi connectivity index (χ2n) is 12.4. The zero-order chi connectivity index (χ0) is 39.9. The van der Waals surface area contributed by atoms with E-state index in [4.69, 9.17) is 59.2 Å². The molecule has 11 nitrogen and oxygen atoms in total. The van der Waals surface area contributed by atoms with Gasteiger partial charge in [-0.2, -0.15) is 15.5 Å². The lowest BCUT2D eigenvalue weighted by atomic mass is 9.97. The van der Waals surface area contributed by atoms with E-state index in [1.54, 1.807) is 18.2 Å². The lowest BCUT2D eigenvalue weighted by Gasteiger charge is -2.16. The van der Waals surface area contributed by atoms with Crippen LogP contribution in [-0.2, 0) is 24.6 Å². The van der Waals surface area contributed by atoms with Crippen molar-refractivity contribution in [2.45, 2.75) is 32.6 Å². The molecule has 0 fully saturated rings. The molecule has 0 aliphatic heterocycles. The highest BCUT2D eigenvalue weighted by molar-refractivity contribution is 6.38. The molecule has 14 heteroatoms. The number of carboxylic acids is 1. The number of benzene rings is 4. The van der Waals surface area contributed by atoms with Crippen LogP contribution < -0.4 is 24.8 Å². The molecule has 0 saturated heterocycles. The normalized spacial score (nSPS) is 10.8. The number of aliphatic hydroxyl groups excluding tert-OH is 1. The number of nitriles is 2. The van der Waals surface area contributed by atoms with Gasteiger partial charge in [-0.15, -0.1) is 0 Å². The molecule has 4 N–H and O–H groups in total. The van der Waals surface area contributed by atoms with Gasteiger partial charge in [0.2, 0.25) is 11.8 Å². The van der Waals surface area contributed by atoms with E-state index in [0.717, 1.165) is 22.4 Å². The molecule has 288 valence electrons. The lowest BCUT2D eigenvalue weighted by Crippen LogP contribution is -2.23. The van der Waals surface area contributed by atoms with Gasteiger partial charge in [0.1, 0.15) is 30.6 Å². The summed E-state index contributed by atoms with van der Waals surface area (Å²) in [5.41, 5.74) is 5.65. The van der Waals surface area contributed by atoms with Crippen LogP contribution >= 0.6 is 34.8 Å². The van der Waals surface area contributed by atoms with Gasteiger partial charge in [0.25, 0.3) is 0 Å². The number of carboxylic acid groups (broad SMARTS) is 1. The number of hydrogen-bond acceptors (Lipinski definition) is 10. The average Bonchev–Trinajstić information content (AvgIpc) is 3.20. The number of pyridine rings is 1. The fraction of sp³-hybridized carbons (Fsp3) is 0.238. The minimum absolute atomic E-state index is 0.000254. The van der Waals surface area contributed by atoms with Crippen molar-refractivity contribution in [3.63, 3.8) is 0 Å². The molecule has 0 radical (unpaired) electrons. The highest BCUT2D eigenvalue weighted by Crippen LogP contribution is 2.41. The number of aromatic nitrogens is 1. The molecule has 0 aliphatic rings. The molecule has 0 bridgehead atoms. The standard InChI is InChI=1S/C42H38Cl3N5O6/c43-37-21-32(24-49-13-3-8-38(52)53)41(55-25-29-19-27(22-46)18-28(20-29)23-47)50-42(37)56-26-31-4-1-6-35(39(31)44)36-7-2-5-34(40(36)45)30-9-11-33(12-10-30)54-17-15-48-14-16-51/h1-2,4-7,9-12,18-21,48-49,51H,3,8,13-17,24-26H2,(H,52,53). The van der Waals surface area contributed by atoms with Crippen molar-refractivity contribution in [1.82, 2.24) is 15.6 Å². The van der Waals surface area contributed by atoms with E-state index in [0.29, 0.717) is 76.1 Å². The summed E-state index contributed by atoms with van der Waals surface area (Å²) in [6.07, 6.45) is 0.450. The van der Waals surface area contributed by atoms with Crippen LogP contribution in [0, 0.1) is 22.7 Å². The molecule has 0 aliphatic carbocycles. The quantitative estimate of drug-likeness (QED) is 0.0559. The van der Waals surface area contributed by atoms with Gasteiger partial charge in [-0.3, -0.25) is 4.79 Å². The molecule has 56 heavy (non-hydrogen) atoms. The Morgan fingerprint density at radius 3 is 2.11 bits per heavy atom. The first-order chi connectivity index (χ1) is 27.2. The Morgan fingerprint density at radius 2 is 1.41 bits per heavy atom. The van der Waals surface area contributed by atoms with Crippen LogP contribution in [0.15, 0.2) is 84.9 Å². The first kappa shape index (κ1) is 41.8. The molecule has 5 rings (SSSR count). The van der Waals surface area contributed by atoms with Gasteiger partial charge in [0.15, 0.2) is 0 Å². The molecular weight excluding hydrogens is 777 g/mol. The van der Waals surface area contributed by atoms with Gasteiger partial charge in [0.05, 0.1) is 39.9 Å². The fourth-order valence-electron chi connectivity index (χ4n) is 5.67. The number of nitrogens with one attached hydrogen (secondary N) is 2. The predicted molar refractivity (Wildman–Crippen MR) is 215 cm³/mol. The maximum absolute atomic E-state index is 10.9. The summed E-state index contributed by atoms with van der Waals surface area (Å²) in [5.74, 6) is 0.132. The van der Waals surface area contributed by atoms with Crippen LogP contribution in [0.3, 0.4) is 0 Å². The first-order valence-corrected chi connectivity index (χ1v) is 18.8. The smallest absolute Gasteiger partial charge is 0.303 e. The summed E-state index contributed by atoms with van der Waals surface area (Å²) in [6.45, 7) is 2.40. The molecule has 1 heterocycles. The van der Waals surface area contributed by atoms with Crippen molar-refractivity contribution >= 4 is 40.8 Å². The fourth-order valence-corrected chi connectivity index (χ4v) is 6.52. The zero-order valence-corrected chi connectivity index (χ0v) is 32.4. The maximum Gasteiger partial charge on any atom is 0.303 e. The summed E-state index contributed by atoms with van der Waals surface area (Å²) in [4.78, 5) is 15.5. The topological polar surface area (TPSA) is 170 Å². The molecule has 0 amide bonds. The largest absolute Gasteiger partial charge is 0.492 e. The Kier molecular flexibility index (Phi) is 15.7. The number of aliphatic carboxylic acids is 1. The number of rotatable bonds is 20. The lowest BCUT2D eigenvalue weighted by molar-refractivity contribution is -0.137. The van der Waals surface area contributed by atoms with Crippen LogP contribution in [0.5, 0.6) is 17.5 Å². The number of carbonyl (C=O) groups is 1. The highest BCUT2D eigenvalue weighted by atomic mass is 35.5. The third-order valence-corrected chi connectivity index (χ3v) is 9.53. The summed E-state index contributed by atoms with van der Waals surface area (Å²) < 4.78 is 18.0. The Balaban J connectivity index is 1.34. The second-order valence-corrected chi connectivity index (χ2v) is 13.6. The molecule has 0 saturated carbocycles. The average molecular weight is 815 g/mol. The van der Waals surface area contributed by atoms with Crippen LogP contribution in [-0.4, -0.2) is 54.0 Å². The number of aliphatic hydroxyl groups is 1. The van der Waals surface area contributed by atoms with Crippen molar-refractivity contribution in [3.05, 3.63) is 128 Å². The SMILES string of the molecule is N#Cc1cc(C#N)cc(COc2nc(OCc3cccc(-c4cccc(-c5ccc(OCCNCCO)cc5)c4Cl)c3Cl)c(Cl)cc2CNCCCC(=O)O)c1. The minimum atomic E-state index is -0.881. The van der Waals surface area contributed by atoms with Crippen LogP contribution in [0.25, 0.3) is 22.3 Å². The Labute approximate surface area is 340 Å². The van der Waals surface area contributed by atoms with Crippen LogP contribution in [0.4, 0.5) is 0 Å². The van der Waals surface area contributed by atoms with E-state index in [1.165, 1.54) is 6.07 Å². The van der Waals surface area contributed by atoms with Gasteiger partial charge in [0, 0.05) is 53.9 Å². The van der Waals surface area contributed by atoms with Crippen LogP contribution in [0.1, 0.15) is 40.7 Å². The van der Waals surface area contributed by atoms with Gasteiger partial charge in [-0.25, -0.2) is 0 Å². The summed E-state index contributed by atoms with van der Waals surface area (Å²) in [6, 6.07) is 29.5.